The summed E-state index contributed by atoms with van der Waals surface area (Å²) in [5, 5.41) is 0. The molecule has 0 amide bonds. The van der Waals surface area contributed by atoms with Gasteiger partial charge in [0.1, 0.15) is 0 Å². The minimum Gasteiger partial charge on any atom is -0.260 e. The van der Waals surface area contributed by atoms with Crippen LogP contribution in [0, 0.1) is 0 Å². The second-order valence-corrected chi connectivity index (χ2v) is 6.82. The molecule has 0 N–H and O–H groups in total. The molecule has 0 radical (unpaired) electrons. The van der Waals surface area contributed by atoms with E-state index >= 15 is 0 Å². The maximum absolute atomic E-state index is 4.47. The van der Waals surface area contributed by atoms with Crippen LogP contribution in [0.5, 0.6) is 0 Å². The summed E-state index contributed by atoms with van der Waals surface area (Å²) in [6.45, 7) is 4.72. The molecular weight excluding hydrogens is 290 g/mol. The van der Waals surface area contributed by atoms with E-state index in [0.29, 0.717) is 0 Å². The van der Waals surface area contributed by atoms with Crippen molar-refractivity contribution in [3.05, 3.63) is 65.2 Å². The molecule has 0 aromatic heterocycles. The Bertz CT molecular complexity index is 737. The fourth-order valence-electron chi connectivity index (χ4n) is 2.73. The van der Waals surface area contributed by atoms with Crippen molar-refractivity contribution in [1.29, 1.82) is 0 Å². The first-order valence-electron chi connectivity index (χ1n) is 7.47. The molecule has 0 bridgehead atoms. The largest absolute Gasteiger partial charge is 0.260 e. The first-order chi connectivity index (χ1) is 10.8. The normalized spacial score (nSPS) is 17.3. The number of nitrogens with zero attached hydrogens (tertiary/aromatic N) is 3. The van der Waals surface area contributed by atoms with Gasteiger partial charge in [-0.15, -0.1) is 0 Å². The zero-order valence-corrected chi connectivity index (χ0v) is 13.3. The van der Waals surface area contributed by atoms with Crippen LogP contribution in [0.3, 0.4) is 0 Å². The van der Waals surface area contributed by atoms with Crippen molar-refractivity contribution in [2.45, 2.75) is 24.9 Å². The van der Waals surface area contributed by atoms with Gasteiger partial charge in [0.25, 0.3) is 0 Å². The fourth-order valence-corrected chi connectivity index (χ4v) is 3.82. The van der Waals surface area contributed by atoms with Gasteiger partial charge in [-0.05, 0) is 36.1 Å². The highest BCUT2D eigenvalue weighted by molar-refractivity contribution is 7.97. The van der Waals surface area contributed by atoms with E-state index in [-0.39, 0.29) is 0 Å². The third-order valence-corrected chi connectivity index (χ3v) is 4.98. The van der Waals surface area contributed by atoms with Crippen molar-refractivity contribution < 1.29 is 0 Å². The van der Waals surface area contributed by atoms with Crippen molar-refractivity contribution in [3.8, 4) is 0 Å². The van der Waals surface area contributed by atoms with Crippen LogP contribution >= 0.6 is 11.9 Å². The van der Waals surface area contributed by atoms with Crippen LogP contribution in [0.25, 0.3) is 0 Å². The van der Waals surface area contributed by atoms with E-state index in [1.165, 1.54) is 16.0 Å². The first kappa shape index (κ1) is 13.7. The lowest BCUT2D eigenvalue weighted by molar-refractivity contribution is 0.475. The van der Waals surface area contributed by atoms with Crippen LogP contribution in [-0.4, -0.2) is 22.4 Å². The molecule has 2 aromatic rings. The number of hydrogen-bond donors (Lipinski definition) is 0. The second-order valence-electron chi connectivity index (χ2n) is 5.68. The van der Waals surface area contributed by atoms with Crippen LogP contribution in [-0.2, 0) is 13.1 Å². The minimum atomic E-state index is 0.736. The average Bonchev–Trinajstić information content (AvgIpc) is 3.13. The van der Waals surface area contributed by atoms with Crippen LogP contribution < -0.4 is 0 Å². The van der Waals surface area contributed by atoms with Crippen molar-refractivity contribution in [2.75, 3.05) is 6.54 Å². The maximum atomic E-state index is 4.47. The van der Waals surface area contributed by atoms with Crippen LogP contribution in [0.4, 0.5) is 0 Å². The molecule has 110 valence electrons. The molecule has 4 heteroatoms. The van der Waals surface area contributed by atoms with E-state index in [9.17, 15) is 0 Å². The van der Waals surface area contributed by atoms with Gasteiger partial charge in [-0.2, -0.15) is 0 Å². The molecule has 0 saturated heterocycles. The summed E-state index contributed by atoms with van der Waals surface area (Å²) in [4.78, 5) is 10.3. The molecule has 0 atom stereocenters. The lowest BCUT2D eigenvalue weighted by atomic mass is 10.1. The Kier molecular flexibility index (Phi) is 3.56. The number of hydrogen-bond acceptors (Lipinski definition) is 4. The molecule has 0 saturated carbocycles. The van der Waals surface area contributed by atoms with E-state index in [4.69, 9.17) is 0 Å². The standard InChI is InChI=1S/C18H17N3S/c1-13-10-19-18(20-13)15-8-6-14(7-9-15)11-21-12-16-4-2-3-5-17(16)22-21/h2-9H,10-12H2,1H3. The van der Waals surface area contributed by atoms with Gasteiger partial charge in [0.05, 0.1) is 6.54 Å². The Balaban J connectivity index is 1.45. The molecular formula is C18H17N3S. The topological polar surface area (TPSA) is 28.0 Å². The maximum Gasteiger partial charge on any atom is 0.154 e. The van der Waals surface area contributed by atoms with E-state index in [1.54, 1.807) is 0 Å². The number of benzene rings is 2. The molecule has 2 aliphatic rings. The highest BCUT2D eigenvalue weighted by atomic mass is 32.2. The van der Waals surface area contributed by atoms with Crippen LogP contribution in [0.2, 0.25) is 0 Å². The van der Waals surface area contributed by atoms with Crippen LogP contribution in [0.1, 0.15) is 23.6 Å². The predicted molar refractivity (Wildman–Crippen MR) is 92.5 cm³/mol. The summed E-state index contributed by atoms with van der Waals surface area (Å²) in [6.07, 6.45) is 0. The fraction of sp³-hybridized carbons (Fsp3) is 0.222. The van der Waals surface area contributed by atoms with Crippen molar-refractivity contribution in [2.24, 2.45) is 9.98 Å². The number of aliphatic imine (C=N–C) groups is 2. The quantitative estimate of drug-likeness (QED) is 0.804. The van der Waals surface area contributed by atoms with E-state index in [1.807, 2.05) is 18.9 Å². The molecule has 2 aromatic carbocycles. The summed E-state index contributed by atoms with van der Waals surface area (Å²) >= 11 is 1.85. The summed E-state index contributed by atoms with van der Waals surface area (Å²) in [5.41, 5.74) is 4.95. The SMILES string of the molecule is CC1=NC(c2ccc(CN3Cc4ccccc4S3)cc2)=NC1. The minimum absolute atomic E-state index is 0.736. The zero-order valence-electron chi connectivity index (χ0n) is 12.5. The third kappa shape index (κ3) is 2.72. The molecule has 22 heavy (non-hydrogen) atoms. The van der Waals surface area contributed by atoms with Crippen molar-refractivity contribution >= 4 is 23.5 Å². The first-order valence-corrected chi connectivity index (χ1v) is 8.24. The van der Waals surface area contributed by atoms with Crippen molar-refractivity contribution in [3.63, 3.8) is 0 Å². The van der Waals surface area contributed by atoms with Crippen molar-refractivity contribution in [1.82, 2.24) is 4.31 Å². The predicted octanol–water partition coefficient (Wildman–Crippen LogP) is 3.93. The molecule has 0 aliphatic carbocycles. The zero-order chi connectivity index (χ0) is 14.9. The second kappa shape index (κ2) is 5.71. The highest BCUT2D eigenvalue weighted by Gasteiger charge is 2.19. The molecule has 2 aliphatic heterocycles. The number of fused-ring (bicyclic) bond motifs is 1. The molecule has 0 spiro atoms. The van der Waals surface area contributed by atoms with Gasteiger partial charge in [-0.3, -0.25) is 4.99 Å². The van der Waals surface area contributed by atoms with E-state index < -0.39 is 0 Å². The lowest BCUT2D eigenvalue weighted by Crippen LogP contribution is -2.09. The van der Waals surface area contributed by atoms with Gasteiger partial charge in [-0.1, -0.05) is 42.5 Å². The molecule has 4 rings (SSSR count). The summed E-state index contributed by atoms with van der Waals surface area (Å²) in [5.74, 6) is 0.868. The summed E-state index contributed by atoms with van der Waals surface area (Å²) < 4.78 is 2.40. The molecule has 3 nitrogen and oxygen atoms in total. The third-order valence-electron chi connectivity index (χ3n) is 3.87. The van der Waals surface area contributed by atoms with Gasteiger partial charge in [0.2, 0.25) is 0 Å². The molecule has 2 heterocycles. The number of amidine groups is 1. The monoisotopic (exact) mass is 307 g/mol. The Morgan fingerprint density at radius 2 is 1.91 bits per heavy atom. The summed E-state index contributed by atoms with van der Waals surface area (Å²) in [6, 6.07) is 17.3. The molecule has 0 fully saturated rings. The van der Waals surface area contributed by atoms with Crippen LogP contribution in [0.15, 0.2) is 63.4 Å². The van der Waals surface area contributed by atoms with Gasteiger partial charge >= 0.3 is 0 Å². The Labute approximate surface area is 134 Å². The van der Waals surface area contributed by atoms with Gasteiger partial charge in [-0.25, -0.2) is 9.30 Å². The Hall–Kier alpha value is -1.91. The van der Waals surface area contributed by atoms with E-state index in [2.05, 4.69) is 62.8 Å². The smallest absolute Gasteiger partial charge is 0.154 e. The molecule has 0 unspecified atom stereocenters. The van der Waals surface area contributed by atoms with Gasteiger partial charge < -0.3 is 0 Å². The average molecular weight is 307 g/mol. The van der Waals surface area contributed by atoms with Gasteiger partial charge in [0.15, 0.2) is 5.84 Å². The lowest BCUT2D eigenvalue weighted by Gasteiger charge is -2.13. The Morgan fingerprint density at radius 1 is 1.09 bits per heavy atom. The Morgan fingerprint density at radius 3 is 2.64 bits per heavy atom. The van der Waals surface area contributed by atoms with E-state index in [0.717, 1.165) is 36.7 Å². The number of rotatable bonds is 3. The summed E-state index contributed by atoms with van der Waals surface area (Å²) in [7, 11) is 0. The van der Waals surface area contributed by atoms with Gasteiger partial charge in [0, 0.05) is 29.3 Å². The highest BCUT2D eigenvalue weighted by Crippen LogP contribution is 2.36.